The molecule has 0 spiro atoms. The van der Waals surface area contributed by atoms with Gasteiger partial charge in [0.05, 0.1) is 6.61 Å². The third kappa shape index (κ3) is 2.86. The molecule has 7 heteroatoms. The summed E-state index contributed by atoms with van der Waals surface area (Å²) in [5.41, 5.74) is 3.79. The van der Waals surface area contributed by atoms with Crippen molar-refractivity contribution >= 4 is 28.5 Å². The summed E-state index contributed by atoms with van der Waals surface area (Å²) < 4.78 is 6.93. The van der Waals surface area contributed by atoms with Crippen LogP contribution in [-0.2, 0) is 11.3 Å². The molecule has 3 aromatic heterocycles. The van der Waals surface area contributed by atoms with E-state index < -0.39 is 0 Å². The smallest absolute Gasteiger partial charge is 0.186 e. The topological polar surface area (TPSA) is 64.3 Å². The Balaban J connectivity index is 1.67. The molecule has 0 bridgehead atoms. The van der Waals surface area contributed by atoms with Crippen LogP contribution >= 0.6 is 11.3 Å². The lowest BCUT2D eigenvalue weighted by Crippen LogP contribution is -2.00. The van der Waals surface area contributed by atoms with Crippen LogP contribution in [0.2, 0.25) is 0 Å². The molecular weight excluding hydrogens is 322 g/mol. The van der Waals surface area contributed by atoms with Gasteiger partial charge in [0, 0.05) is 23.7 Å². The first-order chi connectivity index (χ1) is 11.8. The van der Waals surface area contributed by atoms with Gasteiger partial charge in [-0.25, -0.2) is 0 Å². The van der Waals surface area contributed by atoms with E-state index >= 15 is 0 Å². The van der Waals surface area contributed by atoms with Gasteiger partial charge in [-0.1, -0.05) is 12.1 Å². The van der Waals surface area contributed by atoms with Crippen molar-refractivity contribution in [1.29, 1.82) is 0 Å². The Labute approximate surface area is 142 Å². The van der Waals surface area contributed by atoms with Gasteiger partial charge in [0.15, 0.2) is 17.3 Å². The van der Waals surface area contributed by atoms with E-state index in [9.17, 15) is 0 Å². The van der Waals surface area contributed by atoms with Gasteiger partial charge in [0.1, 0.15) is 0 Å². The van der Waals surface area contributed by atoms with Crippen LogP contribution in [0.5, 0.6) is 0 Å². The lowest BCUT2D eigenvalue weighted by Gasteiger charge is -2.08. The number of anilines is 2. The molecule has 0 atom stereocenters. The molecule has 3 heterocycles. The molecule has 0 aliphatic carbocycles. The number of benzene rings is 1. The number of nitrogens with one attached hydrogen (secondary N) is 1. The minimum absolute atomic E-state index is 0.579. The van der Waals surface area contributed by atoms with Crippen molar-refractivity contribution in [1.82, 2.24) is 19.8 Å². The van der Waals surface area contributed by atoms with Crippen LogP contribution in [0.25, 0.3) is 17.0 Å². The fraction of sp³-hybridized carbons (Fsp3) is 0.118. The van der Waals surface area contributed by atoms with Crippen LogP contribution in [0.3, 0.4) is 0 Å². The van der Waals surface area contributed by atoms with Crippen molar-refractivity contribution < 1.29 is 4.74 Å². The molecule has 0 amide bonds. The quantitative estimate of drug-likeness (QED) is 0.601. The number of aromatic nitrogens is 4. The molecule has 0 aliphatic rings. The van der Waals surface area contributed by atoms with Gasteiger partial charge >= 0.3 is 0 Å². The molecule has 120 valence electrons. The van der Waals surface area contributed by atoms with Crippen molar-refractivity contribution in [3.05, 3.63) is 58.8 Å². The Kier molecular flexibility index (Phi) is 3.94. The Hall–Kier alpha value is -2.77. The van der Waals surface area contributed by atoms with Gasteiger partial charge in [0.2, 0.25) is 0 Å². The van der Waals surface area contributed by atoms with E-state index in [0.29, 0.717) is 6.61 Å². The highest BCUT2D eigenvalue weighted by Gasteiger charge is 2.10. The fourth-order valence-corrected chi connectivity index (χ4v) is 3.12. The lowest BCUT2D eigenvalue weighted by atomic mass is 10.2. The summed E-state index contributed by atoms with van der Waals surface area (Å²) in [6.45, 7) is 0.579. The minimum atomic E-state index is 0.579. The number of nitrogens with zero attached hydrogens (tertiary/aromatic N) is 4. The average molecular weight is 337 g/mol. The van der Waals surface area contributed by atoms with Crippen LogP contribution in [0.15, 0.2) is 53.2 Å². The van der Waals surface area contributed by atoms with Gasteiger partial charge in [-0.05, 0) is 41.3 Å². The molecule has 0 fully saturated rings. The Morgan fingerprint density at radius 2 is 2.12 bits per heavy atom. The molecule has 24 heavy (non-hydrogen) atoms. The molecule has 0 unspecified atom stereocenters. The molecule has 1 aromatic carbocycles. The van der Waals surface area contributed by atoms with Crippen molar-refractivity contribution in [3.8, 4) is 11.4 Å². The molecule has 0 aliphatic heterocycles. The molecular formula is C17H15N5OS. The van der Waals surface area contributed by atoms with Crippen molar-refractivity contribution in [2.45, 2.75) is 6.61 Å². The van der Waals surface area contributed by atoms with Gasteiger partial charge in [-0.3, -0.25) is 0 Å². The SMILES string of the molecule is COCc1cccc(Nc2ccc3nnc(-c4ccsc4)n3n2)c1. The number of fused-ring (bicyclic) bond motifs is 1. The summed E-state index contributed by atoms with van der Waals surface area (Å²) in [5, 5.41) is 20.4. The molecule has 4 aromatic rings. The molecule has 4 rings (SSSR count). The van der Waals surface area contributed by atoms with Crippen LogP contribution in [-0.4, -0.2) is 26.9 Å². The van der Waals surface area contributed by atoms with Crippen molar-refractivity contribution in [2.75, 3.05) is 12.4 Å². The maximum atomic E-state index is 5.17. The van der Waals surface area contributed by atoms with Crippen LogP contribution in [0.4, 0.5) is 11.5 Å². The Bertz CT molecular complexity index is 964. The monoisotopic (exact) mass is 337 g/mol. The van der Waals surface area contributed by atoms with E-state index in [0.717, 1.165) is 34.1 Å². The number of ether oxygens (including phenoxy) is 1. The first-order valence-electron chi connectivity index (χ1n) is 7.43. The third-order valence-electron chi connectivity index (χ3n) is 3.55. The molecule has 6 nitrogen and oxygen atoms in total. The second-order valence-electron chi connectivity index (χ2n) is 5.28. The van der Waals surface area contributed by atoms with Crippen molar-refractivity contribution in [3.63, 3.8) is 0 Å². The van der Waals surface area contributed by atoms with Crippen LogP contribution in [0, 0.1) is 0 Å². The zero-order valence-electron chi connectivity index (χ0n) is 13.0. The number of rotatable bonds is 5. The highest BCUT2D eigenvalue weighted by molar-refractivity contribution is 7.08. The third-order valence-corrected chi connectivity index (χ3v) is 4.24. The van der Waals surface area contributed by atoms with Crippen LogP contribution < -0.4 is 5.32 Å². The average Bonchev–Trinajstić information content (AvgIpc) is 3.24. The summed E-state index contributed by atoms with van der Waals surface area (Å²) in [5.74, 6) is 1.47. The zero-order chi connectivity index (χ0) is 16.4. The lowest BCUT2D eigenvalue weighted by molar-refractivity contribution is 0.185. The van der Waals surface area contributed by atoms with Crippen molar-refractivity contribution in [2.24, 2.45) is 0 Å². The predicted octanol–water partition coefficient (Wildman–Crippen LogP) is 3.74. The van der Waals surface area contributed by atoms with Gasteiger partial charge in [-0.15, -0.1) is 15.3 Å². The second kappa shape index (κ2) is 6.38. The standard InChI is InChI=1S/C17H15N5OS/c1-23-10-12-3-2-4-14(9-12)18-15-5-6-16-19-20-17(22(16)21-15)13-7-8-24-11-13/h2-9,11H,10H2,1H3,(H,18,21). The molecule has 1 N–H and O–H groups in total. The Morgan fingerprint density at radius 1 is 1.17 bits per heavy atom. The van der Waals surface area contributed by atoms with E-state index in [-0.39, 0.29) is 0 Å². The van der Waals surface area contributed by atoms with E-state index in [1.54, 1.807) is 23.0 Å². The maximum absolute atomic E-state index is 5.17. The highest BCUT2D eigenvalue weighted by Crippen LogP contribution is 2.22. The van der Waals surface area contributed by atoms with E-state index in [1.807, 2.05) is 53.2 Å². The van der Waals surface area contributed by atoms with E-state index in [4.69, 9.17) is 4.74 Å². The first-order valence-corrected chi connectivity index (χ1v) is 8.38. The predicted molar refractivity (Wildman–Crippen MR) is 94.5 cm³/mol. The highest BCUT2D eigenvalue weighted by atomic mass is 32.1. The molecule has 0 radical (unpaired) electrons. The van der Waals surface area contributed by atoms with Gasteiger partial charge in [0.25, 0.3) is 0 Å². The van der Waals surface area contributed by atoms with Gasteiger partial charge in [-0.2, -0.15) is 15.9 Å². The van der Waals surface area contributed by atoms with Gasteiger partial charge < -0.3 is 10.1 Å². The second-order valence-corrected chi connectivity index (χ2v) is 6.06. The zero-order valence-corrected chi connectivity index (χ0v) is 13.8. The number of methoxy groups -OCH3 is 1. The molecule has 0 saturated carbocycles. The first kappa shape index (κ1) is 14.8. The molecule has 0 saturated heterocycles. The van der Waals surface area contributed by atoms with Crippen LogP contribution in [0.1, 0.15) is 5.56 Å². The summed E-state index contributed by atoms with van der Waals surface area (Å²) >= 11 is 1.62. The largest absolute Gasteiger partial charge is 0.380 e. The summed E-state index contributed by atoms with van der Waals surface area (Å²) in [6, 6.07) is 13.9. The normalized spacial score (nSPS) is 11.0. The summed E-state index contributed by atoms with van der Waals surface area (Å²) in [4.78, 5) is 0. The van der Waals surface area contributed by atoms with E-state index in [1.165, 1.54) is 0 Å². The van der Waals surface area contributed by atoms with E-state index in [2.05, 4.69) is 20.6 Å². The summed E-state index contributed by atoms with van der Waals surface area (Å²) in [6.07, 6.45) is 0. The number of hydrogen-bond donors (Lipinski definition) is 1. The maximum Gasteiger partial charge on any atom is 0.186 e. The fourth-order valence-electron chi connectivity index (χ4n) is 2.48. The Morgan fingerprint density at radius 3 is 2.96 bits per heavy atom. The number of hydrogen-bond acceptors (Lipinski definition) is 6. The summed E-state index contributed by atoms with van der Waals surface area (Å²) in [7, 11) is 1.69. The minimum Gasteiger partial charge on any atom is -0.380 e. The number of thiophene rings is 1.